The van der Waals surface area contributed by atoms with Gasteiger partial charge in [-0.1, -0.05) is 24.3 Å². The quantitative estimate of drug-likeness (QED) is 0.660. The van der Waals surface area contributed by atoms with Gasteiger partial charge in [-0.15, -0.1) is 0 Å². The number of nitrogens with zero attached hydrogens (tertiary/aromatic N) is 2. The van der Waals surface area contributed by atoms with Crippen LogP contribution in [0.1, 0.15) is 22.8 Å². The summed E-state index contributed by atoms with van der Waals surface area (Å²) >= 11 is 0. The van der Waals surface area contributed by atoms with E-state index in [1.54, 1.807) is 0 Å². The normalized spacial score (nSPS) is 18.4. The number of H-pyrrole nitrogens is 1. The van der Waals surface area contributed by atoms with Crippen molar-refractivity contribution in [3.8, 4) is 11.5 Å². The van der Waals surface area contributed by atoms with Crippen molar-refractivity contribution in [1.29, 1.82) is 0 Å². The highest BCUT2D eigenvalue weighted by atomic mass is 16.6. The van der Waals surface area contributed by atoms with Gasteiger partial charge in [-0.05, 0) is 30.7 Å². The molecule has 1 atom stereocenters. The van der Waals surface area contributed by atoms with E-state index in [9.17, 15) is 4.79 Å². The van der Waals surface area contributed by atoms with Crippen LogP contribution in [-0.2, 0) is 6.54 Å². The van der Waals surface area contributed by atoms with Crippen molar-refractivity contribution in [2.75, 3.05) is 39.4 Å². The van der Waals surface area contributed by atoms with Crippen LogP contribution in [0.3, 0.4) is 0 Å². The maximum absolute atomic E-state index is 13.1. The van der Waals surface area contributed by atoms with Crippen LogP contribution in [0.4, 0.5) is 0 Å². The second-order valence-electron chi connectivity index (χ2n) is 8.08. The zero-order valence-electron chi connectivity index (χ0n) is 17.3. The summed E-state index contributed by atoms with van der Waals surface area (Å²) in [5, 5.41) is 1.01. The van der Waals surface area contributed by atoms with Gasteiger partial charge in [-0.2, -0.15) is 0 Å². The Morgan fingerprint density at radius 1 is 1.03 bits per heavy atom. The van der Waals surface area contributed by atoms with Crippen LogP contribution in [0.2, 0.25) is 0 Å². The number of ether oxygens (including phenoxy) is 2. The van der Waals surface area contributed by atoms with E-state index in [2.05, 4.69) is 26.9 Å². The Morgan fingerprint density at radius 3 is 2.63 bits per heavy atom. The molecule has 1 saturated heterocycles. The third-order valence-corrected chi connectivity index (χ3v) is 6.20. The molecular formula is C24H27N3O3. The Morgan fingerprint density at radius 2 is 1.80 bits per heavy atom. The summed E-state index contributed by atoms with van der Waals surface area (Å²) < 4.78 is 11.3. The second-order valence-corrected chi connectivity index (χ2v) is 8.08. The Hall–Kier alpha value is -2.83. The summed E-state index contributed by atoms with van der Waals surface area (Å²) in [5.74, 6) is 1.86. The van der Waals surface area contributed by atoms with Crippen LogP contribution >= 0.6 is 0 Å². The van der Waals surface area contributed by atoms with Crippen molar-refractivity contribution in [3.05, 3.63) is 59.8 Å². The lowest BCUT2D eigenvalue weighted by molar-refractivity contribution is 0.0688. The number of carbonyl (C=O) groups excluding carboxylic acids is 1. The number of piperazine rings is 1. The molecule has 0 aliphatic carbocycles. The Balaban J connectivity index is 1.20. The Bertz CT molecular complexity index is 1050. The van der Waals surface area contributed by atoms with E-state index in [0.29, 0.717) is 13.2 Å². The Labute approximate surface area is 176 Å². The molecular weight excluding hydrogens is 378 g/mol. The van der Waals surface area contributed by atoms with Crippen molar-refractivity contribution in [2.45, 2.75) is 19.5 Å². The molecule has 0 bridgehead atoms. The summed E-state index contributed by atoms with van der Waals surface area (Å²) in [6.45, 7) is 7.80. The molecule has 156 valence electrons. The smallest absolute Gasteiger partial charge is 0.181 e. The van der Waals surface area contributed by atoms with Gasteiger partial charge in [0.05, 0.1) is 6.04 Å². The average molecular weight is 405 g/mol. The van der Waals surface area contributed by atoms with E-state index in [4.69, 9.17) is 9.47 Å². The van der Waals surface area contributed by atoms with E-state index in [0.717, 1.165) is 60.7 Å². The van der Waals surface area contributed by atoms with Crippen molar-refractivity contribution in [2.24, 2.45) is 0 Å². The van der Waals surface area contributed by atoms with Crippen LogP contribution in [0.15, 0.2) is 48.7 Å². The van der Waals surface area contributed by atoms with E-state index >= 15 is 0 Å². The number of aromatic amines is 1. The van der Waals surface area contributed by atoms with Crippen LogP contribution < -0.4 is 9.47 Å². The molecule has 0 saturated carbocycles. The number of nitrogens with one attached hydrogen (secondary N) is 1. The molecule has 3 aromatic rings. The number of benzene rings is 2. The summed E-state index contributed by atoms with van der Waals surface area (Å²) in [4.78, 5) is 21.1. The van der Waals surface area contributed by atoms with E-state index < -0.39 is 0 Å². The molecule has 3 heterocycles. The van der Waals surface area contributed by atoms with Crippen LogP contribution in [0.5, 0.6) is 11.5 Å². The fourth-order valence-electron chi connectivity index (χ4n) is 4.42. The third kappa shape index (κ3) is 3.68. The number of aromatic nitrogens is 1. The third-order valence-electron chi connectivity index (χ3n) is 6.20. The fourth-order valence-corrected chi connectivity index (χ4v) is 4.42. The number of fused-ring (bicyclic) bond motifs is 2. The molecule has 1 unspecified atom stereocenters. The van der Waals surface area contributed by atoms with Crippen molar-refractivity contribution >= 4 is 16.7 Å². The maximum atomic E-state index is 13.1. The zero-order chi connectivity index (χ0) is 20.5. The van der Waals surface area contributed by atoms with Gasteiger partial charge in [0.1, 0.15) is 13.2 Å². The van der Waals surface area contributed by atoms with Gasteiger partial charge in [0.2, 0.25) is 0 Å². The van der Waals surface area contributed by atoms with E-state index in [-0.39, 0.29) is 11.8 Å². The number of carbonyl (C=O) groups is 1. The molecule has 6 nitrogen and oxygen atoms in total. The molecule has 30 heavy (non-hydrogen) atoms. The number of hydrogen-bond donors (Lipinski definition) is 1. The lowest BCUT2D eigenvalue weighted by Gasteiger charge is -2.37. The van der Waals surface area contributed by atoms with Gasteiger partial charge < -0.3 is 14.5 Å². The molecule has 0 amide bonds. The molecule has 2 aliphatic heterocycles. The minimum Gasteiger partial charge on any atom is -0.486 e. The first kappa shape index (κ1) is 19.2. The summed E-state index contributed by atoms with van der Waals surface area (Å²) in [6.07, 6.45) is 1.85. The van der Waals surface area contributed by atoms with Gasteiger partial charge in [0, 0.05) is 55.4 Å². The van der Waals surface area contributed by atoms with Crippen LogP contribution in [0.25, 0.3) is 10.9 Å². The van der Waals surface area contributed by atoms with Crippen molar-refractivity contribution < 1.29 is 14.3 Å². The van der Waals surface area contributed by atoms with Crippen LogP contribution in [-0.4, -0.2) is 66.0 Å². The van der Waals surface area contributed by atoms with Gasteiger partial charge in [0.25, 0.3) is 0 Å². The summed E-state index contributed by atoms with van der Waals surface area (Å²) in [5.41, 5.74) is 3.03. The summed E-state index contributed by atoms with van der Waals surface area (Å²) in [6, 6.07) is 14.1. The van der Waals surface area contributed by atoms with Gasteiger partial charge >= 0.3 is 0 Å². The lowest BCUT2D eigenvalue weighted by atomic mass is 10.0. The van der Waals surface area contributed by atoms with Gasteiger partial charge in [-0.3, -0.25) is 14.6 Å². The van der Waals surface area contributed by atoms with Crippen molar-refractivity contribution in [1.82, 2.24) is 14.8 Å². The largest absolute Gasteiger partial charge is 0.486 e. The fraction of sp³-hybridized carbons (Fsp3) is 0.375. The molecule has 0 spiro atoms. The van der Waals surface area contributed by atoms with Gasteiger partial charge in [-0.25, -0.2) is 0 Å². The number of rotatable bonds is 5. The first-order chi connectivity index (χ1) is 14.7. The first-order valence-corrected chi connectivity index (χ1v) is 10.6. The minimum atomic E-state index is -0.124. The predicted octanol–water partition coefficient (Wildman–Crippen LogP) is 3.33. The summed E-state index contributed by atoms with van der Waals surface area (Å²) in [7, 11) is 0. The zero-order valence-corrected chi connectivity index (χ0v) is 17.3. The standard InChI is InChI=1S/C24H27N3O3/c1-17(24(28)20-15-25-21-5-3-2-4-19(20)21)27-10-8-26(9-11-27)16-18-6-7-22-23(14-18)30-13-12-29-22/h2-7,14-15,17,25H,8-13,16H2,1H3. The average Bonchev–Trinajstić information content (AvgIpc) is 3.23. The predicted molar refractivity (Wildman–Crippen MR) is 116 cm³/mol. The van der Waals surface area contributed by atoms with E-state index in [1.807, 2.05) is 43.5 Å². The molecule has 1 N–H and O–H groups in total. The number of hydrogen-bond acceptors (Lipinski definition) is 5. The molecule has 2 aliphatic rings. The van der Waals surface area contributed by atoms with Crippen LogP contribution in [0, 0.1) is 0 Å². The molecule has 5 rings (SSSR count). The van der Waals surface area contributed by atoms with E-state index in [1.165, 1.54) is 5.56 Å². The second kappa shape index (κ2) is 8.13. The number of para-hydroxylation sites is 1. The van der Waals surface area contributed by atoms with Crippen molar-refractivity contribution in [3.63, 3.8) is 0 Å². The topological polar surface area (TPSA) is 57.8 Å². The first-order valence-electron chi connectivity index (χ1n) is 10.6. The molecule has 2 aromatic carbocycles. The Kier molecular flexibility index (Phi) is 5.19. The highest BCUT2D eigenvalue weighted by Gasteiger charge is 2.27. The minimum absolute atomic E-state index is 0.124. The number of ketones is 1. The highest BCUT2D eigenvalue weighted by molar-refractivity contribution is 6.10. The molecule has 1 aromatic heterocycles. The maximum Gasteiger partial charge on any atom is 0.181 e. The lowest BCUT2D eigenvalue weighted by Crippen LogP contribution is -2.51. The highest BCUT2D eigenvalue weighted by Crippen LogP contribution is 2.31. The number of Topliss-reactive ketones (excluding diaryl/α,β-unsaturated/α-hetero) is 1. The monoisotopic (exact) mass is 405 g/mol. The molecule has 1 fully saturated rings. The SMILES string of the molecule is CC(C(=O)c1c[nH]c2ccccc12)N1CCN(Cc2ccc3c(c2)OCCO3)CC1. The molecule has 0 radical (unpaired) electrons. The van der Waals surface area contributed by atoms with Gasteiger partial charge in [0.15, 0.2) is 17.3 Å². The molecule has 6 heteroatoms.